The van der Waals surface area contributed by atoms with Crippen LogP contribution in [0.4, 0.5) is 0 Å². The normalized spacial score (nSPS) is 15.2. The van der Waals surface area contributed by atoms with E-state index in [0.29, 0.717) is 6.04 Å². The first-order valence-corrected chi connectivity index (χ1v) is 9.68. The third-order valence-electron chi connectivity index (χ3n) is 4.77. The van der Waals surface area contributed by atoms with Crippen LogP contribution in [0.5, 0.6) is 0 Å². The molecule has 6 heteroatoms. The van der Waals surface area contributed by atoms with E-state index in [4.69, 9.17) is 16.6 Å². The van der Waals surface area contributed by atoms with Gasteiger partial charge in [-0.3, -0.25) is 0 Å². The highest BCUT2D eigenvalue weighted by Crippen LogP contribution is 2.18. The van der Waals surface area contributed by atoms with Gasteiger partial charge in [0.2, 0.25) is 0 Å². The summed E-state index contributed by atoms with van der Waals surface area (Å²) in [7, 11) is 0. The molecule has 0 atom stereocenters. The molecule has 0 spiro atoms. The van der Waals surface area contributed by atoms with Crippen LogP contribution in [0.25, 0.3) is 0 Å². The molecule has 136 valence electrons. The van der Waals surface area contributed by atoms with E-state index < -0.39 is 0 Å². The zero-order chi connectivity index (χ0) is 17.5. The standard InChI is InChI=1S/C19H28N4OS/c1-16-8-9-18(24-16)14-23(12-5-11-22-13-10-20-15-22)19(25)21-17-6-3-2-4-7-17/h8-10,13,15,17H,2-7,11-12,14H2,1H3,(H,21,25). The maximum absolute atomic E-state index is 5.76. The number of thiocarbonyl (C=S) groups is 1. The largest absolute Gasteiger partial charge is 0.464 e. The SMILES string of the molecule is Cc1ccc(CN(CCCn2ccnc2)C(=S)NC2CCCCC2)o1. The Bertz CT molecular complexity index is 646. The van der Waals surface area contributed by atoms with Crippen molar-refractivity contribution in [3.63, 3.8) is 0 Å². The van der Waals surface area contributed by atoms with E-state index in [1.807, 2.05) is 37.8 Å². The average molecular weight is 361 g/mol. The minimum atomic E-state index is 0.524. The van der Waals surface area contributed by atoms with E-state index in [2.05, 4.69) is 19.8 Å². The molecule has 2 aromatic heterocycles. The Labute approximate surface area is 155 Å². The second kappa shape index (κ2) is 9.04. The lowest BCUT2D eigenvalue weighted by atomic mass is 9.96. The number of imidazole rings is 1. The Balaban J connectivity index is 1.56. The number of rotatable bonds is 7. The number of aryl methyl sites for hydroxylation is 2. The van der Waals surface area contributed by atoms with Crippen LogP contribution in [-0.2, 0) is 13.1 Å². The lowest BCUT2D eigenvalue weighted by molar-refractivity contribution is 0.327. The third-order valence-corrected chi connectivity index (χ3v) is 5.14. The molecule has 1 aliphatic carbocycles. The zero-order valence-electron chi connectivity index (χ0n) is 15.0. The van der Waals surface area contributed by atoms with Gasteiger partial charge in [-0.25, -0.2) is 4.98 Å². The molecule has 25 heavy (non-hydrogen) atoms. The third kappa shape index (κ3) is 5.59. The van der Waals surface area contributed by atoms with Crippen LogP contribution in [0.1, 0.15) is 50.0 Å². The summed E-state index contributed by atoms with van der Waals surface area (Å²) < 4.78 is 7.87. The molecule has 1 saturated carbocycles. The summed E-state index contributed by atoms with van der Waals surface area (Å²) in [6.07, 6.45) is 13.1. The fourth-order valence-corrected chi connectivity index (χ4v) is 3.71. The molecule has 0 amide bonds. The van der Waals surface area contributed by atoms with Gasteiger partial charge in [-0.1, -0.05) is 19.3 Å². The summed E-state index contributed by atoms with van der Waals surface area (Å²) >= 11 is 5.73. The first-order valence-electron chi connectivity index (χ1n) is 9.27. The molecule has 0 bridgehead atoms. The molecule has 0 saturated heterocycles. The summed E-state index contributed by atoms with van der Waals surface area (Å²) in [5.74, 6) is 1.91. The van der Waals surface area contributed by atoms with Crippen LogP contribution < -0.4 is 5.32 Å². The Kier molecular flexibility index (Phi) is 6.50. The molecule has 1 fully saturated rings. The molecular formula is C19H28N4OS. The van der Waals surface area contributed by atoms with E-state index in [1.165, 1.54) is 32.1 Å². The van der Waals surface area contributed by atoms with Gasteiger partial charge in [0.15, 0.2) is 5.11 Å². The molecule has 0 unspecified atom stereocenters. The lowest BCUT2D eigenvalue weighted by Gasteiger charge is -2.30. The smallest absolute Gasteiger partial charge is 0.169 e. The number of hydrogen-bond donors (Lipinski definition) is 1. The lowest BCUT2D eigenvalue weighted by Crippen LogP contribution is -2.45. The van der Waals surface area contributed by atoms with Gasteiger partial charge in [-0.15, -0.1) is 0 Å². The second-order valence-electron chi connectivity index (χ2n) is 6.87. The van der Waals surface area contributed by atoms with Gasteiger partial charge in [-0.2, -0.15) is 0 Å². The van der Waals surface area contributed by atoms with Crippen molar-refractivity contribution in [1.82, 2.24) is 19.8 Å². The van der Waals surface area contributed by atoms with E-state index in [0.717, 1.165) is 42.7 Å². The molecule has 2 heterocycles. The topological polar surface area (TPSA) is 46.2 Å². The van der Waals surface area contributed by atoms with E-state index in [9.17, 15) is 0 Å². The summed E-state index contributed by atoms with van der Waals surface area (Å²) in [5.41, 5.74) is 0. The fraction of sp³-hybridized carbons (Fsp3) is 0.579. The maximum atomic E-state index is 5.76. The van der Waals surface area contributed by atoms with Gasteiger partial charge in [0.05, 0.1) is 12.9 Å². The second-order valence-corrected chi connectivity index (χ2v) is 7.26. The highest BCUT2D eigenvalue weighted by molar-refractivity contribution is 7.80. The van der Waals surface area contributed by atoms with Crippen LogP contribution in [0, 0.1) is 6.92 Å². The molecule has 1 N–H and O–H groups in total. The molecule has 0 aromatic carbocycles. The molecule has 2 aromatic rings. The zero-order valence-corrected chi connectivity index (χ0v) is 15.8. The van der Waals surface area contributed by atoms with Crippen molar-refractivity contribution < 1.29 is 4.42 Å². The molecule has 0 aliphatic heterocycles. The fourth-order valence-electron chi connectivity index (χ4n) is 3.39. The van der Waals surface area contributed by atoms with Crippen molar-refractivity contribution in [2.24, 2.45) is 0 Å². The van der Waals surface area contributed by atoms with Gasteiger partial charge in [0, 0.05) is 31.5 Å². The predicted molar refractivity (Wildman–Crippen MR) is 103 cm³/mol. The van der Waals surface area contributed by atoms with Crippen molar-refractivity contribution in [2.45, 2.75) is 64.6 Å². The van der Waals surface area contributed by atoms with Crippen LogP contribution in [0.2, 0.25) is 0 Å². The Hall–Kier alpha value is -1.82. The highest BCUT2D eigenvalue weighted by atomic mass is 32.1. The quantitative estimate of drug-likeness (QED) is 0.759. The number of furan rings is 1. The molecule has 1 aliphatic rings. The first-order chi connectivity index (χ1) is 12.2. The number of aromatic nitrogens is 2. The minimum Gasteiger partial charge on any atom is -0.464 e. The van der Waals surface area contributed by atoms with Gasteiger partial charge >= 0.3 is 0 Å². The van der Waals surface area contributed by atoms with Crippen molar-refractivity contribution >= 4 is 17.3 Å². The van der Waals surface area contributed by atoms with Crippen molar-refractivity contribution in [2.75, 3.05) is 6.54 Å². The highest BCUT2D eigenvalue weighted by Gasteiger charge is 2.18. The van der Waals surface area contributed by atoms with Gasteiger partial charge in [-0.05, 0) is 50.5 Å². The summed E-state index contributed by atoms with van der Waals surface area (Å²) in [6.45, 7) is 4.54. The van der Waals surface area contributed by atoms with Crippen molar-refractivity contribution in [3.8, 4) is 0 Å². The van der Waals surface area contributed by atoms with Gasteiger partial charge < -0.3 is 19.2 Å². The van der Waals surface area contributed by atoms with Crippen LogP contribution in [0.3, 0.4) is 0 Å². The number of nitrogens with zero attached hydrogens (tertiary/aromatic N) is 3. The number of hydrogen-bond acceptors (Lipinski definition) is 3. The first kappa shape index (κ1) is 18.0. The van der Waals surface area contributed by atoms with Gasteiger partial charge in [0.25, 0.3) is 0 Å². The minimum absolute atomic E-state index is 0.524. The average Bonchev–Trinajstić information content (AvgIpc) is 3.26. The summed E-state index contributed by atoms with van der Waals surface area (Å²) in [5, 5.41) is 4.44. The van der Waals surface area contributed by atoms with Gasteiger partial charge in [0.1, 0.15) is 11.5 Å². The Morgan fingerprint density at radius 2 is 2.20 bits per heavy atom. The molecule has 5 nitrogen and oxygen atoms in total. The van der Waals surface area contributed by atoms with E-state index in [1.54, 1.807) is 0 Å². The summed E-state index contributed by atoms with van der Waals surface area (Å²) in [4.78, 5) is 6.33. The van der Waals surface area contributed by atoms with Crippen LogP contribution in [0.15, 0.2) is 35.3 Å². The monoisotopic (exact) mass is 360 g/mol. The van der Waals surface area contributed by atoms with E-state index in [-0.39, 0.29) is 0 Å². The Morgan fingerprint density at radius 1 is 1.36 bits per heavy atom. The van der Waals surface area contributed by atoms with E-state index >= 15 is 0 Å². The molecule has 0 radical (unpaired) electrons. The maximum Gasteiger partial charge on any atom is 0.169 e. The number of nitrogens with one attached hydrogen (secondary N) is 1. The molecule has 3 rings (SSSR count). The van der Waals surface area contributed by atoms with Crippen molar-refractivity contribution in [1.29, 1.82) is 0 Å². The van der Waals surface area contributed by atoms with Crippen LogP contribution >= 0.6 is 12.2 Å². The predicted octanol–water partition coefficient (Wildman–Crippen LogP) is 3.88. The summed E-state index contributed by atoms with van der Waals surface area (Å²) in [6, 6.07) is 4.58. The van der Waals surface area contributed by atoms with Crippen LogP contribution in [-0.4, -0.2) is 32.2 Å². The Morgan fingerprint density at radius 3 is 2.88 bits per heavy atom. The van der Waals surface area contributed by atoms with Crippen molar-refractivity contribution in [3.05, 3.63) is 42.4 Å². The molecular weight excluding hydrogens is 332 g/mol.